The maximum Gasteiger partial charge on any atom is 0.0870 e. The van der Waals surface area contributed by atoms with Gasteiger partial charge in [-0.2, -0.15) is 0 Å². The standard InChI is InChI=1S/C15H22O/c1-5-14-15(16-14)11(3)9-13-8-6-7-10(2)12(13)4/h6-8,11,14-15H,5,9H2,1-4H3. The fourth-order valence-electron chi connectivity index (χ4n) is 2.48. The lowest BCUT2D eigenvalue weighted by molar-refractivity contribution is 0.322. The molecule has 1 nitrogen and oxygen atoms in total. The summed E-state index contributed by atoms with van der Waals surface area (Å²) in [5.74, 6) is 0.644. The van der Waals surface area contributed by atoms with Crippen molar-refractivity contribution >= 4 is 0 Å². The number of hydrogen-bond acceptors (Lipinski definition) is 1. The van der Waals surface area contributed by atoms with Crippen molar-refractivity contribution in [3.8, 4) is 0 Å². The molecular formula is C15H22O. The lowest BCUT2D eigenvalue weighted by Gasteiger charge is -2.12. The van der Waals surface area contributed by atoms with Gasteiger partial charge in [0.15, 0.2) is 0 Å². The van der Waals surface area contributed by atoms with Crippen LogP contribution in [0.3, 0.4) is 0 Å². The van der Waals surface area contributed by atoms with E-state index in [1.807, 2.05) is 0 Å². The second kappa shape index (κ2) is 4.58. The minimum absolute atomic E-state index is 0.505. The van der Waals surface area contributed by atoms with E-state index in [0.29, 0.717) is 18.1 Å². The molecular weight excluding hydrogens is 196 g/mol. The van der Waals surface area contributed by atoms with Crippen molar-refractivity contribution in [2.75, 3.05) is 0 Å². The van der Waals surface area contributed by atoms with Gasteiger partial charge in [0.2, 0.25) is 0 Å². The highest BCUT2D eigenvalue weighted by Gasteiger charge is 2.41. The predicted octanol–water partition coefficient (Wildman–Crippen LogP) is 3.66. The van der Waals surface area contributed by atoms with Crippen LogP contribution in [0.5, 0.6) is 0 Å². The van der Waals surface area contributed by atoms with E-state index in [1.54, 1.807) is 0 Å². The van der Waals surface area contributed by atoms with Gasteiger partial charge in [0.25, 0.3) is 0 Å². The van der Waals surface area contributed by atoms with Gasteiger partial charge in [0, 0.05) is 0 Å². The third kappa shape index (κ3) is 2.30. The van der Waals surface area contributed by atoms with Crippen molar-refractivity contribution in [2.24, 2.45) is 5.92 Å². The number of benzene rings is 1. The molecule has 1 heterocycles. The summed E-state index contributed by atoms with van der Waals surface area (Å²) in [5, 5.41) is 0. The maximum atomic E-state index is 5.67. The quantitative estimate of drug-likeness (QED) is 0.703. The zero-order valence-electron chi connectivity index (χ0n) is 10.8. The fourth-order valence-corrected chi connectivity index (χ4v) is 2.48. The predicted molar refractivity (Wildman–Crippen MR) is 67.7 cm³/mol. The monoisotopic (exact) mass is 218 g/mol. The highest BCUT2D eigenvalue weighted by Crippen LogP contribution is 2.34. The molecule has 0 spiro atoms. The van der Waals surface area contributed by atoms with E-state index in [2.05, 4.69) is 45.9 Å². The molecule has 0 aromatic heterocycles. The largest absolute Gasteiger partial charge is 0.369 e. The summed E-state index contributed by atoms with van der Waals surface area (Å²) < 4.78 is 5.67. The van der Waals surface area contributed by atoms with Gasteiger partial charge in [-0.25, -0.2) is 0 Å². The van der Waals surface area contributed by atoms with E-state index in [1.165, 1.54) is 16.7 Å². The van der Waals surface area contributed by atoms with Crippen LogP contribution >= 0.6 is 0 Å². The summed E-state index contributed by atoms with van der Waals surface area (Å²) in [4.78, 5) is 0. The van der Waals surface area contributed by atoms with Gasteiger partial charge in [-0.15, -0.1) is 0 Å². The van der Waals surface area contributed by atoms with E-state index in [-0.39, 0.29) is 0 Å². The Balaban J connectivity index is 2.01. The highest BCUT2D eigenvalue weighted by molar-refractivity contribution is 5.33. The summed E-state index contributed by atoms with van der Waals surface area (Å²) in [7, 11) is 0. The minimum Gasteiger partial charge on any atom is -0.369 e. The van der Waals surface area contributed by atoms with E-state index >= 15 is 0 Å². The first-order valence-corrected chi connectivity index (χ1v) is 6.34. The molecule has 0 radical (unpaired) electrons. The molecule has 0 saturated carbocycles. The minimum atomic E-state index is 0.505. The smallest absolute Gasteiger partial charge is 0.0870 e. The van der Waals surface area contributed by atoms with Gasteiger partial charge in [-0.1, -0.05) is 32.0 Å². The molecule has 88 valence electrons. The highest BCUT2D eigenvalue weighted by atomic mass is 16.6. The number of hydrogen-bond donors (Lipinski definition) is 0. The molecule has 3 atom stereocenters. The lowest BCUT2D eigenvalue weighted by Crippen LogP contribution is -2.11. The molecule has 0 amide bonds. The molecule has 0 aliphatic carbocycles. The Morgan fingerprint density at radius 3 is 2.69 bits per heavy atom. The Morgan fingerprint density at radius 2 is 2.06 bits per heavy atom. The second-order valence-corrected chi connectivity index (χ2v) is 5.09. The molecule has 1 aromatic rings. The number of epoxide rings is 1. The maximum absolute atomic E-state index is 5.67. The SMILES string of the molecule is CCC1OC1C(C)Cc1cccc(C)c1C. The second-order valence-electron chi connectivity index (χ2n) is 5.09. The zero-order chi connectivity index (χ0) is 11.7. The Morgan fingerprint density at radius 1 is 1.31 bits per heavy atom. The third-order valence-electron chi connectivity index (χ3n) is 3.84. The van der Waals surface area contributed by atoms with Crippen molar-refractivity contribution in [1.29, 1.82) is 0 Å². The molecule has 1 fully saturated rings. The molecule has 3 unspecified atom stereocenters. The zero-order valence-corrected chi connectivity index (χ0v) is 10.8. The summed E-state index contributed by atoms with van der Waals surface area (Å²) >= 11 is 0. The van der Waals surface area contributed by atoms with Crippen molar-refractivity contribution in [3.05, 3.63) is 34.9 Å². The first-order valence-electron chi connectivity index (χ1n) is 6.34. The number of ether oxygens (including phenoxy) is 1. The van der Waals surface area contributed by atoms with Crippen LogP contribution in [-0.4, -0.2) is 12.2 Å². The Kier molecular flexibility index (Phi) is 3.34. The summed E-state index contributed by atoms with van der Waals surface area (Å²) in [5.41, 5.74) is 4.33. The lowest BCUT2D eigenvalue weighted by atomic mass is 9.92. The summed E-state index contributed by atoms with van der Waals surface area (Å²) in [6, 6.07) is 6.60. The summed E-state index contributed by atoms with van der Waals surface area (Å²) in [6.45, 7) is 8.92. The molecule has 0 bridgehead atoms. The molecule has 16 heavy (non-hydrogen) atoms. The van der Waals surface area contributed by atoms with Crippen LogP contribution in [0.15, 0.2) is 18.2 Å². The van der Waals surface area contributed by atoms with Crippen LogP contribution < -0.4 is 0 Å². The molecule has 1 saturated heterocycles. The first-order chi connectivity index (χ1) is 7.63. The van der Waals surface area contributed by atoms with E-state index in [9.17, 15) is 0 Å². The topological polar surface area (TPSA) is 12.5 Å². The van der Waals surface area contributed by atoms with Gasteiger partial charge in [0.05, 0.1) is 12.2 Å². The number of aryl methyl sites for hydroxylation is 1. The van der Waals surface area contributed by atoms with Crippen LogP contribution in [0, 0.1) is 19.8 Å². The fraction of sp³-hybridized carbons (Fsp3) is 0.600. The van der Waals surface area contributed by atoms with Gasteiger partial charge >= 0.3 is 0 Å². The molecule has 1 aliphatic rings. The molecule has 1 heteroatoms. The Labute approximate surface area is 98.8 Å². The van der Waals surface area contributed by atoms with Crippen molar-refractivity contribution in [3.63, 3.8) is 0 Å². The van der Waals surface area contributed by atoms with E-state index in [4.69, 9.17) is 4.74 Å². The average molecular weight is 218 g/mol. The van der Waals surface area contributed by atoms with Crippen LogP contribution in [0.25, 0.3) is 0 Å². The Hall–Kier alpha value is -0.820. The van der Waals surface area contributed by atoms with Crippen LogP contribution in [0.2, 0.25) is 0 Å². The van der Waals surface area contributed by atoms with Gasteiger partial charge in [-0.05, 0) is 49.3 Å². The van der Waals surface area contributed by atoms with Crippen molar-refractivity contribution in [2.45, 2.75) is 52.7 Å². The normalized spacial score (nSPS) is 25.5. The van der Waals surface area contributed by atoms with Crippen LogP contribution in [0.4, 0.5) is 0 Å². The van der Waals surface area contributed by atoms with Crippen LogP contribution in [0.1, 0.15) is 37.0 Å². The van der Waals surface area contributed by atoms with Gasteiger partial charge in [-0.3, -0.25) is 0 Å². The summed E-state index contributed by atoms with van der Waals surface area (Å²) in [6.07, 6.45) is 3.33. The third-order valence-corrected chi connectivity index (χ3v) is 3.84. The van der Waals surface area contributed by atoms with E-state index in [0.717, 1.165) is 12.8 Å². The van der Waals surface area contributed by atoms with E-state index < -0.39 is 0 Å². The molecule has 2 rings (SSSR count). The molecule has 0 N–H and O–H groups in total. The molecule has 1 aliphatic heterocycles. The first kappa shape index (κ1) is 11.7. The molecule has 1 aromatic carbocycles. The van der Waals surface area contributed by atoms with Gasteiger partial charge in [0.1, 0.15) is 0 Å². The van der Waals surface area contributed by atoms with Crippen LogP contribution in [-0.2, 0) is 11.2 Å². The Bertz CT molecular complexity index is 370. The average Bonchev–Trinajstić information content (AvgIpc) is 3.04. The van der Waals surface area contributed by atoms with Crippen molar-refractivity contribution < 1.29 is 4.74 Å². The number of rotatable bonds is 4. The van der Waals surface area contributed by atoms with Crippen molar-refractivity contribution in [1.82, 2.24) is 0 Å². The van der Waals surface area contributed by atoms with Gasteiger partial charge < -0.3 is 4.74 Å².